The third-order valence-corrected chi connectivity index (χ3v) is 3.66. The van der Waals surface area contributed by atoms with Crippen LogP contribution in [0, 0.1) is 0 Å². The summed E-state index contributed by atoms with van der Waals surface area (Å²) in [5.41, 5.74) is 0.230. The largest absolute Gasteiger partial charge is 0.379 e. The Labute approximate surface area is 93.0 Å². The normalized spacial score (nSPS) is 37.8. The van der Waals surface area contributed by atoms with Crippen LogP contribution in [-0.2, 0) is 4.74 Å². The average molecular weight is 212 g/mol. The minimum Gasteiger partial charge on any atom is -0.379 e. The molecular weight excluding hydrogens is 188 g/mol. The Morgan fingerprint density at radius 2 is 2.33 bits per heavy atom. The maximum absolute atomic E-state index is 5.44. The molecule has 2 N–H and O–H groups in total. The fourth-order valence-electron chi connectivity index (χ4n) is 2.45. The number of hydrogen-bond donors (Lipinski definition) is 2. The molecular formula is C12H24N2O. The maximum Gasteiger partial charge on any atom is 0.0646 e. The first-order valence-corrected chi connectivity index (χ1v) is 6.35. The van der Waals surface area contributed by atoms with E-state index in [2.05, 4.69) is 17.6 Å². The van der Waals surface area contributed by atoms with Gasteiger partial charge in [0, 0.05) is 24.7 Å². The van der Waals surface area contributed by atoms with Gasteiger partial charge in [0.1, 0.15) is 0 Å². The number of ether oxygens (including phenoxy) is 1. The second-order valence-corrected chi connectivity index (χ2v) is 5.24. The van der Waals surface area contributed by atoms with Gasteiger partial charge in [-0.05, 0) is 32.7 Å². The Kier molecular flexibility index (Phi) is 4.00. The fourth-order valence-corrected chi connectivity index (χ4v) is 2.45. The van der Waals surface area contributed by atoms with Crippen molar-refractivity contribution in [2.75, 3.05) is 26.3 Å². The molecule has 2 unspecified atom stereocenters. The molecule has 0 radical (unpaired) electrons. The first kappa shape index (κ1) is 11.4. The molecule has 2 saturated heterocycles. The second-order valence-electron chi connectivity index (χ2n) is 5.24. The van der Waals surface area contributed by atoms with Crippen LogP contribution in [0.3, 0.4) is 0 Å². The van der Waals surface area contributed by atoms with Crippen molar-refractivity contribution in [3.05, 3.63) is 0 Å². The molecule has 0 aromatic heterocycles. The smallest absolute Gasteiger partial charge is 0.0646 e. The van der Waals surface area contributed by atoms with Gasteiger partial charge in [0.25, 0.3) is 0 Å². The minimum absolute atomic E-state index is 0.230. The van der Waals surface area contributed by atoms with E-state index in [1.165, 1.54) is 32.2 Å². The molecule has 88 valence electrons. The maximum atomic E-state index is 5.44. The molecule has 3 heteroatoms. The molecule has 15 heavy (non-hydrogen) atoms. The lowest BCUT2D eigenvalue weighted by atomic mass is 10.0. The van der Waals surface area contributed by atoms with Crippen LogP contribution in [0.5, 0.6) is 0 Å². The molecule has 0 bridgehead atoms. The van der Waals surface area contributed by atoms with Gasteiger partial charge in [0.15, 0.2) is 0 Å². The van der Waals surface area contributed by atoms with Gasteiger partial charge in [-0.3, -0.25) is 0 Å². The lowest BCUT2D eigenvalue weighted by Crippen LogP contribution is -2.49. The van der Waals surface area contributed by atoms with E-state index in [1.807, 2.05) is 0 Å². The Balaban J connectivity index is 1.71. The lowest BCUT2D eigenvalue weighted by molar-refractivity contribution is 0.170. The van der Waals surface area contributed by atoms with Crippen molar-refractivity contribution >= 4 is 0 Å². The highest BCUT2D eigenvalue weighted by Crippen LogP contribution is 2.17. The molecule has 2 aliphatic rings. The average Bonchev–Trinajstić information content (AvgIpc) is 2.53. The molecule has 2 rings (SSSR count). The van der Waals surface area contributed by atoms with Gasteiger partial charge in [-0.1, -0.05) is 12.8 Å². The van der Waals surface area contributed by atoms with Gasteiger partial charge < -0.3 is 15.4 Å². The van der Waals surface area contributed by atoms with Crippen LogP contribution in [0.2, 0.25) is 0 Å². The second kappa shape index (κ2) is 5.28. The summed E-state index contributed by atoms with van der Waals surface area (Å²) in [7, 11) is 0. The Morgan fingerprint density at radius 3 is 3.13 bits per heavy atom. The van der Waals surface area contributed by atoms with Crippen LogP contribution < -0.4 is 10.6 Å². The van der Waals surface area contributed by atoms with E-state index < -0.39 is 0 Å². The molecule has 3 nitrogen and oxygen atoms in total. The SMILES string of the molecule is CC1(NCC2CCCCCN2)CCOC1. The molecule has 2 heterocycles. The molecule has 0 aliphatic carbocycles. The summed E-state index contributed by atoms with van der Waals surface area (Å²) in [6, 6.07) is 0.671. The zero-order chi connectivity index (χ0) is 10.6. The predicted octanol–water partition coefficient (Wildman–Crippen LogP) is 1.29. The third kappa shape index (κ3) is 3.44. The van der Waals surface area contributed by atoms with Gasteiger partial charge in [-0.15, -0.1) is 0 Å². The quantitative estimate of drug-likeness (QED) is 0.739. The van der Waals surface area contributed by atoms with Gasteiger partial charge >= 0.3 is 0 Å². The summed E-state index contributed by atoms with van der Waals surface area (Å²) < 4.78 is 5.44. The zero-order valence-electron chi connectivity index (χ0n) is 9.85. The van der Waals surface area contributed by atoms with E-state index in [4.69, 9.17) is 4.74 Å². The highest BCUT2D eigenvalue weighted by molar-refractivity contribution is 4.88. The molecule has 0 aromatic rings. The van der Waals surface area contributed by atoms with E-state index in [0.29, 0.717) is 6.04 Å². The van der Waals surface area contributed by atoms with Gasteiger partial charge in [-0.2, -0.15) is 0 Å². The van der Waals surface area contributed by atoms with Crippen molar-refractivity contribution in [3.8, 4) is 0 Å². The van der Waals surface area contributed by atoms with E-state index in [1.54, 1.807) is 0 Å². The van der Waals surface area contributed by atoms with Gasteiger partial charge in [-0.25, -0.2) is 0 Å². The van der Waals surface area contributed by atoms with Crippen molar-refractivity contribution in [2.24, 2.45) is 0 Å². The first-order valence-electron chi connectivity index (χ1n) is 6.35. The Hall–Kier alpha value is -0.120. The standard InChI is InChI=1S/C12H24N2O/c1-12(6-8-15-10-12)14-9-11-5-3-2-4-7-13-11/h11,13-14H,2-10H2,1H3. The Morgan fingerprint density at radius 1 is 1.40 bits per heavy atom. The van der Waals surface area contributed by atoms with Crippen molar-refractivity contribution in [1.29, 1.82) is 0 Å². The van der Waals surface area contributed by atoms with Gasteiger partial charge in [0.05, 0.1) is 6.61 Å². The molecule has 2 aliphatic heterocycles. The molecule has 2 fully saturated rings. The molecule has 0 aromatic carbocycles. The van der Waals surface area contributed by atoms with Crippen molar-refractivity contribution in [3.63, 3.8) is 0 Å². The summed E-state index contributed by atoms with van der Waals surface area (Å²) in [6.07, 6.45) is 6.59. The van der Waals surface area contributed by atoms with Crippen molar-refractivity contribution in [1.82, 2.24) is 10.6 Å². The van der Waals surface area contributed by atoms with Crippen LogP contribution in [0.15, 0.2) is 0 Å². The minimum atomic E-state index is 0.230. The van der Waals surface area contributed by atoms with E-state index >= 15 is 0 Å². The Bertz CT molecular complexity index is 182. The summed E-state index contributed by atoms with van der Waals surface area (Å²) in [5, 5.41) is 7.29. The monoisotopic (exact) mass is 212 g/mol. The summed E-state index contributed by atoms with van der Waals surface area (Å²) in [6.45, 7) is 6.36. The van der Waals surface area contributed by atoms with Crippen LogP contribution in [0.1, 0.15) is 39.0 Å². The highest BCUT2D eigenvalue weighted by Gasteiger charge is 2.29. The summed E-state index contributed by atoms with van der Waals surface area (Å²) in [4.78, 5) is 0. The van der Waals surface area contributed by atoms with E-state index in [0.717, 1.165) is 26.2 Å². The third-order valence-electron chi connectivity index (χ3n) is 3.66. The number of rotatable bonds is 3. The van der Waals surface area contributed by atoms with Crippen LogP contribution in [-0.4, -0.2) is 37.9 Å². The molecule has 2 atom stereocenters. The van der Waals surface area contributed by atoms with Crippen LogP contribution >= 0.6 is 0 Å². The summed E-state index contributed by atoms with van der Waals surface area (Å²) >= 11 is 0. The van der Waals surface area contributed by atoms with Crippen LogP contribution in [0.4, 0.5) is 0 Å². The highest BCUT2D eigenvalue weighted by atomic mass is 16.5. The number of nitrogens with one attached hydrogen (secondary N) is 2. The zero-order valence-corrected chi connectivity index (χ0v) is 9.85. The van der Waals surface area contributed by atoms with E-state index in [-0.39, 0.29) is 5.54 Å². The van der Waals surface area contributed by atoms with Crippen molar-refractivity contribution < 1.29 is 4.74 Å². The first-order chi connectivity index (χ1) is 7.29. The molecule has 0 spiro atoms. The topological polar surface area (TPSA) is 33.3 Å². The van der Waals surface area contributed by atoms with Gasteiger partial charge in [0.2, 0.25) is 0 Å². The fraction of sp³-hybridized carbons (Fsp3) is 1.00. The summed E-state index contributed by atoms with van der Waals surface area (Å²) in [5.74, 6) is 0. The van der Waals surface area contributed by atoms with Crippen LogP contribution in [0.25, 0.3) is 0 Å². The molecule has 0 saturated carbocycles. The van der Waals surface area contributed by atoms with E-state index in [9.17, 15) is 0 Å². The number of hydrogen-bond acceptors (Lipinski definition) is 3. The van der Waals surface area contributed by atoms with Crippen molar-refractivity contribution in [2.45, 2.75) is 50.6 Å². The lowest BCUT2D eigenvalue weighted by Gasteiger charge is -2.27. The molecule has 0 amide bonds. The predicted molar refractivity (Wildman–Crippen MR) is 62.1 cm³/mol.